The lowest BCUT2D eigenvalue weighted by Gasteiger charge is -2.44. The molecule has 8 heteroatoms. The second-order valence-corrected chi connectivity index (χ2v) is 8.85. The largest absolute Gasteiger partial charge is 0.453 e. The molecular weight excluding hydrogens is 500 g/mol. The van der Waals surface area contributed by atoms with Crippen LogP contribution in [-0.2, 0) is 57.8 Å². The maximum atomic E-state index is 12.2. The van der Waals surface area contributed by atoms with Crippen LogP contribution in [0.5, 0.6) is 0 Å². The first-order chi connectivity index (χ1) is 20.2. The van der Waals surface area contributed by atoms with Gasteiger partial charge in [0.1, 0.15) is 18.3 Å². The topological polar surface area (TPSA) is 89.5 Å². The third kappa shape index (κ3) is 8.73. The van der Waals surface area contributed by atoms with Gasteiger partial charge in [0.05, 0.1) is 30.5 Å². The summed E-state index contributed by atoms with van der Waals surface area (Å²) in [6.45, 7) is -1.43. The third-order valence-electron chi connectivity index (χ3n) is 5.78. The van der Waals surface area contributed by atoms with Gasteiger partial charge in [-0.05, 0) is 16.7 Å². The van der Waals surface area contributed by atoms with Crippen LogP contribution in [0.1, 0.15) is 34.7 Å². The number of benzene rings is 3. The molecular formula is C31H34O8. The molecule has 0 bridgehead atoms. The van der Waals surface area contributed by atoms with Crippen molar-refractivity contribution in [1.29, 1.82) is 0 Å². The van der Waals surface area contributed by atoms with E-state index in [2.05, 4.69) is 0 Å². The molecule has 1 saturated heterocycles. The van der Waals surface area contributed by atoms with Crippen molar-refractivity contribution < 1.29 is 42.1 Å². The molecule has 0 saturated carbocycles. The van der Waals surface area contributed by atoms with Gasteiger partial charge in [0.2, 0.25) is 6.29 Å². The van der Waals surface area contributed by atoms with Gasteiger partial charge in [0.15, 0.2) is 6.10 Å². The Hall–Kier alpha value is -3.56. The SMILES string of the molecule is [2H]C(OC[C@H]1OC(OC(C)=O)[C@@H](OC(C)=O)[C@@H](OC([2H])c2ccccc2)[C@@H]1OC([2H])c1ccccc1)c1ccccc1. The van der Waals surface area contributed by atoms with Gasteiger partial charge in [0.25, 0.3) is 0 Å². The monoisotopic (exact) mass is 537 g/mol. The van der Waals surface area contributed by atoms with Crippen molar-refractivity contribution in [3.8, 4) is 0 Å². The molecule has 1 heterocycles. The van der Waals surface area contributed by atoms with Crippen molar-refractivity contribution in [1.82, 2.24) is 0 Å². The number of carbonyl (C=O) groups is 2. The first-order valence-electron chi connectivity index (χ1n) is 14.3. The minimum absolute atomic E-state index is 0.229. The van der Waals surface area contributed by atoms with Crippen LogP contribution in [0.15, 0.2) is 91.0 Å². The van der Waals surface area contributed by atoms with E-state index in [-0.39, 0.29) is 6.61 Å². The van der Waals surface area contributed by atoms with Gasteiger partial charge in [-0.2, -0.15) is 0 Å². The maximum absolute atomic E-state index is 12.2. The first kappa shape index (κ1) is 24.5. The smallest absolute Gasteiger partial charge is 0.305 e. The van der Waals surface area contributed by atoms with Crippen LogP contribution in [0, 0.1) is 0 Å². The van der Waals surface area contributed by atoms with Crippen LogP contribution >= 0.6 is 0 Å². The molecule has 1 aliphatic rings. The Bertz CT molecular complexity index is 1270. The second-order valence-electron chi connectivity index (χ2n) is 8.85. The third-order valence-corrected chi connectivity index (χ3v) is 5.78. The molecule has 3 aromatic rings. The van der Waals surface area contributed by atoms with Crippen LogP contribution < -0.4 is 0 Å². The normalized spacial score (nSPS) is 26.2. The molecule has 0 aliphatic carbocycles. The summed E-state index contributed by atoms with van der Waals surface area (Å²) in [6, 6.07) is 26.4. The van der Waals surface area contributed by atoms with E-state index in [0.717, 1.165) is 0 Å². The van der Waals surface area contributed by atoms with E-state index in [1.54, 1.807) is 78.9 Å². The van der Waals surface area contributed by atoms with Gasteiger partial charge in [-0.3, -0.25) is 9.59 Å². The molecule has 4 rings (SSSR count). The summed E-state index contributed by atoms with van der Waals surface area (Å²) in [7, 11) is 0. The van der Waals surface area contributed by atoms with Crippen molar-refractivity contribution in [2.75, 3.05) is 6.61 Å². The van der Waals surface area contributed by atoms with Crippen LogP contribution in [0.4, 0.5) is 0 Å². The standard InChI is InChI=1S/C31H34O8/c1-22(32)37-30-29(36-20-26-16-10-5-11-17-26)28(35-19-25-14-8-4-9-15-25)27(39-31(30)38-23(2)33)21-34-18-24-12-6-3-7-13-24/h3-17,27-31H,18-21H2,1-2H3/t27-,28-,29+,30+,31?/m1/s1/i18D,19D,20D/t18?,19?,20?,27-,28-,29+,30+,31?. The Labute approximate surface area is 233 Å². The fraction of sp³-hybridized carbons (Fsp3) is 0.355. The lowest BCUT2D eigenvalue weighted by molar-refractivity contribution is -0.312. The number of esters is 2. The number of hydrogen-bond donors (Lipinski definition) is 0. The summed E-state index contributed by atoms with van der Waals surface area (Å²) in [5, 5.41) is 0. The van der Waals surface area contributed by atoms with E-state index in [4.69, 9.17) is 32.5 Å². The minimum Gasteiger partial charge on any atom is -0.453 e. The molecule has 3 aromatic carbocycles. The summed E-state index contributed by atoms with van der Waals surface area (Å²) in [4.78, 5) is 24.3. The van der Waals surface area contributed by atoms with Gasteiger partial charge < -0.3 is 28.4 Å². The summed E-state index contributed by atoms with van der Waals surface area (Å²) >= 11 is 0. The highest BCUT2D eigenvalue weighted by molar-refractivity contribution is 5.67. The quantitative estimate of drug-likeness (QED) is 0.310. The fourth-order valence-electron chi connectivity index (χ4n) is 4.06. The Balaban J connectivity index is 1.70. The van der Waals surface area contributed by atoms with Crippen LogP contribution in [0.2, 0.25) is 0 Å². The molecule has 4 unspecified atom stereocenters. The van der Waals surface area contributed by atoms with E-state index in [1.165, 1.54) is 13.8 Å². The number of carbonyl (C=O) groups excluding carboxylic acids is 2. The van der Waals surface area contributed by atoms with Crippen molar-refractivity contribution in [2.24, 2.45) is 0 Å². The predicted molar refractivity (Wildman–Crippen MR) is 142 cm³/mol. The van der Waals surface area contributed by atoms with E-state index < -0.39 is 62.4 Å². The molecule has 1 fully saturated rings. The number of rotatable bonds is 12. The Morgan fingerprint density at radius 3 is 1.62 bits per heavy atom. The molecule has 206 valence electrons. The highest BCUT2D eigenvalue weighted by atomic mass is 16.7. The highest BCUT2D eigenvalue weighted by Crippen LogP contribution is 2.31. The Morgan fingerprint density at radius 1 is 0.667 bits per heavy atom. The Morgan fingerprint density at radius 2 is 1.13 bits per heavy atom. The summed E-state index contributed by atoms with van der Waals surface area (Å²) < 4.78 is 61.2. The fourth-order valence-corrected chi connectivity index (χ4v) is 4.06. The lowest BCUT2D eigenvalue weighted by Crippen LogP contribution is -2.62. The second kappa shape index (κ2) is 14.6. The lowest BCUT2D eigenvalue weighted by atomic mass is 9.98. The van der Waals surface area contributed by atoms with Crippen molar-refractivity contribution in [2.45, 2.75) is 64.3 Å². The van der Waals surface area contributed by atoms with Crippen molar-refractivity contribution in [3.63, 3.8) is 0 Å². The summed E-state index contributed by atoms with van der Waals surface area (Å²) in [6.07, 6.45) is -6.21. The van der Waals surface area contributed by atoms with Crippen molar-refractivity contribution >= 4 is 11.9 Å². The van der Waals surface area contributed by atoms with Gasteiger partial charge in [-0.1, -0.05) is 91.0 Å². The number of hydrogen-bond acceptors (Lipinski definition) is 8. The molecule has 0 aromatic heterocycles. The zero-order valence-electron chi connectivity index (χ0n) is 24.8. The van der Waals surface area contributed by atoms with Crippen LogP contribution in [0.3, 0.4) is 0 Å². The minimum atomic E-state index is -1.44. The molecule has 8 nitrogen and oxygen atoms in total. The zero-order chi connectivity index (χ0) is 30.1. The molecule has 1 aliphatic heterocycles. The van der Waals surface area contributed by atoms with E-state index in [9.17, 15) is 9.59 Å². The molecule has 0 spiro atoms. The van der Waals surface area contributed by atoms with E-state index in [1.807, 2.05) is 12.1 Å². The molecule has 0 radical (unpaired) electrons. The zero-order valence-corrected chi connectivity index (χ0v) is 21.8. The predicted octanol–water partition coefficient (Wildman–Crippen LogP) is 4.59. The number of ether oxygens (including phenoxy) is 6. The van der Waals surface area contributed by atoms with Crippen LogP contribution in [0.25, 0.3) is 0 Å². The summed E-state index contributed by atoms with van der Waals surface area (Å²) in [5.41, 5.74) is 1.66. The van der Waals surface area contributed by atoms with Gasteiger partial charge >= 0.3 is 11.9 Å². The van der Waals surface area contributed by atoms with Crippen LogP contribution in [-0.4, -0.2) is 49.3 Å². The van der Waals surface area contributed by atoms with Gasteiger partial charge in [0, 0.05) is 13.8 Å². The molecule has 8 atom stereocenters. The van der Waals surface area contributed by atoms with Gasteiger partial charge in [-0.15, -0.1) is 0 Å². The maximum Gasteiger partial charge on any atom is 0.305 e. The summed E-state index contributed by atoms with van der Waals surface area (Å²) in [5.74, 6) is -1.41. The van der Waals surface area contributed by atoms with E-state index in [0.29, 0.717) is 16.7 Å². The molecule has 0 N–H and O–H groups in total. The average molecular weight is 538 g/mol. The van der Waals surface area contributed by atoms with E-state index >= 15 is 0 Å². The van der Waals surface area contributed by atoms with Gasteiger partial charge in [-0.25, -0.2) is 0 Å². The highest BCUT2D eigenvalue weighted by Gasteiger charge is 2.51. The first-order valence-corrected chi connectivity index (χ1v) is 12.6. The Kier molecular flexibility index (Phi) is 9.14. The van der Waals surface area contributed by atoms with Crippen molar-refractivity contribution in [3.05, 3.63) is 108 Å². The molecule has 0 amide bonds. The average Bonchev–Trinajstić information content (AvgIpc) is 2.99. The molecule has 39 heavy (non-hydrogen) atoms.